The van der Waals surface area contributed by atoms with E-state index in [2.05, 4.69) is 26.1 Å². The molecule has 3 N–H and O–H groups in total. The molecule has 2 aromatic rings. The second-order valence-electron chi connectivity index (χ2n) is 13.0. The minimum Gasteiger partial charge on any atom is -0.497 e. The van der Waals surface area contributed by atoms with Crippen LogP contribution in [0.5, 0.6) is 11.5 Å². The predicted octanol–water partition coefficient (Wildman–Crippen LogP) is 3.25. The summed E-state index contributed by atoms with van der Waals surface area (Å²) in [4.78, 5) is 78.5. The number of urea groups is 1. The van der Waals surface area contributed by atoms with E-state index >= 15 is 0 Å². The Kier molecular flexibility index (Phi) is 10.1. The van der Waals surface area contributed by atoms with Gasteiger partial charge in [0.15, 0.2) is 5.60 Å². The van der Waals surface area contributed by atoms with Crippen LogP contribution in [0.15, 0.2) is 52.6 Å². The van der Waals surface area contributed by atoms with Crippen LogP contribution in [0.3, 0.4) is 0 Å². The monoisotopic (exact) mass is 706 g/mol. The van der Waals surface area contributed by atoms with E-state index in [1.165, 1.54) is 19.1 Å². The smallest absolute Gasteiger partial charge is 0.341 e. The molecule has 264 valence electrons. The zero-order valence-electron chi connectivity index (χ0n) is 28.0. The number of benzene rings is 2. The zero-order chi connectivity index (χ0) is 35.6. The summed E-state index contributed by atoms with van der Waals surface area (Å²) in [6.07, 6.45) is 2.64. The van der Waals surface area contributed by atoms with Gasteiger partial charge in [-0.25, -0.2) is 4.79 Å². The molecule has 1 unspecified atom stereocenters. The topological polar surface area (TPSA) is 177 Å². The third-order valence-electron chi connectivity index (χ3n) is 9.30. The van der Waals surface area contributed by atoms with Crippen molar-refractivity contribution in [3.05, 3.63) is 58.6 Å². The second kappa shape index (κ2) is 14.5. The molecule has 1 saturated heterocycles. The Morgan fingerprint density at radius 3 is 2.64 bits per heavy atom. The van der Waals surface area contributed by atoms with Gasteiger partial charge in [-0.05, 0) is 49.6 Å². The molecule has 3 heterocycles. The number of nitrogens with one attached hydrogen (secondary N) is 3. The van der Waals surface area contributed by atoms with E-state index in [0.29, 0.717) is 34.2 Å². The first-order chi connectivity index (χ1) is 24.0. The first kappa shape index (κ1) is 34.9. The lowest BCUT2D eigenvalue weighted by atomic mass is 9.91. The van der Waals surface area contributed by atoms with Crippen LogP contribution in [0.4, 0.5) is 4.79 Å². The van der Waals surface area contributed by atoms with Gasteiger partial charge in [-0.2, -0.15) is 4.99 Å². The number of carbonyl (C=O) groups is 5. The summed E-state index contributed by atoms with van der Waals surface area (Å²) < 4.78 is 10.9. The summed E-state index contributed by atoms with van der Waals surface area (Å²) in [5.74, 6) is -1.77. The van der Waals surface area contributed by atoms with E-state index in [-0.39, 0.29) is 44.0 Å². The molecule has 0 radical (unpaired) electrons. The lowest BCUT2D eigenvalue weighted by Crippen LogP contribution is -2.54. The van der Waals surface area contributed by atoms with Crippen LogP contribution < -0.4 is 25.4 Å². The third-order valence-corrected chi connectivity index (χ3v) is 9.53. The Hall–Kier alpha value is -4.98. The maximum atomic E-state index is 14.4. The number of methoxy groups -OCH3 is 2. The fraction of sp³-hybridized carbons (Fsp3) is 0.457. The number of likely N-dealkylation sites (tertiary alicyclic amines) is 1. The van der Waals surface area contributed by atoms with Crippen molar-refractivity contribution >= 4 is 52.6 Å². The van der Waals surface area contributed by atoms with Crippen molar-refractivity contribution in [2.75, 3.05) is 20.8 Å². The third kappa shape index (κ3) is 7.44. The molecule has 15 heteroatoms. The van der Waals surface area contributed by atoms with Gasteiger partial charge in [-0.15, -0.1) is 0 Å². The number of carbonyl (C=O) groups excluding carboxylic acids is 5. The number of hydrogen-bond acceptors (Lipinski definition) is 9. The molecule has 1 saturated carbocycles. The van der Waals surface area contributed by atoms with Crippen molar-refractivity contribution in [1.29, 1.82) is 0 Å². The van der Waals surface area contributed by atoms with E-state index in [1.807, 2.05) is 13.0 Å². The number of aliphatic imine (C=N–C) groups is 1. The second-order valence-corrected chi connectivity index (χ2v) is 13.4. The van der Waals surface area contributed by atoms with Gasteiger partial charge < -0.3 is 35.2 Å². The molecule has 1 spiro atoms. The lowest BCUT2D eigenvalue weighted by molar-refractivity contribution is -0.141. The Bertz CT molecular complexity index is 1780. The van der Waals surface area contributed by atoms with Crippen molar-refractivity contribution in [2.24, 2.45) is 10.1 Å². The number of ketones is 1. The molecule has 4 atom stereocenters. The van der Waals surface area contributed by atoms with Crippen LogP contribution >= 0.6 is 11.6 Å². The maximum absolute atomic E-state index is 14.4. The van der Waals surface area contributed by atoms with Crippen LogP contribution in [0.1, 0.15) is 69.0 Å². The quantitative estimate of drug-likeness (QED) is 0.282. The van der Waals surface area contributed by atoms with Gasteiger partial charge in [0.05, 0.1) is 38.6 Å². The Morgan fingerprint density at radius 1 is 1.14 bits per heavy atom. The number of rotatable bonds is 12. The molecule has 14 nitrogen and oxygen atoms in total. The molecule has 0 aromatic heterocycles. The highest BCUT2D eigenvalue weighted by Gasteiger charge is 2.55. The fourth-order valence-corrected chi connectivity index (χ4v) is 6.79. The van der Waals surface area contributed by atoms with Crippen LogP contribution in [0, 0.1) is 0 Å². The predicted molar refractivity (Wildman–Crippen MR) is 182 cm³/mol. The van der Waals surface area contributed by atoms with E-state index in [9.17, 15) is 24.0 Å². The highest BCUT2D eigenvalue weighted by molar-refractivity contribution is 6.41. The van der Waals surface area contributed by atoms with E-state index in [0.717, 1.165) is 18.4 Å². The molecule has 1 aliphatic carbocycles. The number of nitrogens with zero attached hydrogens (tertiary/aromatic N) is 3. The number of oxime groups is 1. The largest absolute Gasteiger partial charge is 0.497 e. The fourth-order valence-electron chi connectivity index (χ4n) is 6.60. The average molecular weight is 707 g/mol. The normalized spacial score (nSPS) is 23.3. The standard InChI is InChI=1S/C35H39ClN6O8/c1-4-6-24(30(43)32(45)37-21-9-10-21)38-31(44)28-17-35(16-27(41-50-35)19-7-5-8-20(36)13-19)18-42(28)33(46)26-15-25(39-34(47)40-26)23-14-22(48-2)11-12-29(23)49-3/h5,7-8,11-14,21,24-25,28H,4,6,9-10,15-18H2,1-3H3,(H,37,45)(H,38,44)(H,39,47)/t24-,25?,28-,35+/m0/s1. The number of hydrogen-bond donors (Lipinski definition) is 3. The molecule has 4 aliphatic rings. The van der Waals surface area contributed by atoms with Gasteiger partial charge in [0.1, 0.15) is 23.3 Å². The SMILES string of the molecule is CCC[C@H](NC(=O)[C@@H]1C[C@]2(CC(c3cccc(Cl)c3)=NO2)CN1C(=O)C1=NC(=O)NC(c2cc(OC)ccc2OC)C1)C(=O)C(=O)NC1CC1. The molecule has 3 aliphatic heterocycles. The summed E-state index contributed by atoms with van der Waals surface area (Å²) in [5, 5.41) is 13.1. The Labute approximate surface area is 293 Å². The highest BCUT2D eigenvalue weighted by Crippen LogP contribution is 2.40. The van der Waals surface area contributed by atoms with E-state index in [1.54, 1.807) is 36.4 Å². The van der Waals surface area contributed by atoms with Crippen molar-refractivity contribution in [3.63, 3.8) is 0 Å². The summed E-state index contributed by atoms with van der Waals surface area (Å²) in [7, 11) is 3.01. The van der Waals surface area contributed by atoms with Gasteiger partial charge >= 0.3 is 6.03 Å². The lowest BCUT2D eigenvalue weighted by Gasteiger charge is -2.29. The zero-order valence-corrected chi connectivity index (χ0v) is 28.7. The van der Waals surface area contributed by atoms with Gasteiger partial charge in [0.25, 0.3) is 11.8 Å². The van der Waals surface area contributed by atoms with Crippen LogP contribution in [-0.4, -0.2) is 90.4 Å². The molecule has 2 aromatic carbocycles. The molecule has 0 bridgehead atoms. The first-order valence-electron chi connectivity index (χ1n) is 16.6. The van der Waals surface area contributed by atoms with Gasteiger partial charge in [-0.1, -0.05) is 42.2 Å². The summed E-state index contributed by atoms with van der Waals surface area (Å²) in [6.45, 7) is 1.78. The van der Waals surface area contributed by atoms with Crippen LogP contribution in [0.25, 0.3) is 0 Å². The Morgan fingerprint density at radius 2 is 1.94 bits per heavy atom. The molecule has 5 amide bonds. The minimum absolute atomic E-state index is 0.00462. The highest BCUT2D eigenvalue weighted by atomic mass is 35.5. The Balaban J connectivity index is 1.27. The average Bonchev–Trinajstić information content (AvgIpc) is 3.71. The summed E-state index contributed by atoms with van der Waals surface area (Å²) >= 11 is 6.23. The number of ether oxygens (including phenoxy) is 2. The summed E-state index contributed by atoms with van der Waals surface area (Å²) in [5.41, 5.74) is 0.750. The van der Waals surface area contributed by atoms with E-state index < -0.39 is 53.3 Å². The number of halogens is 1. The molecule has 6 rings (SSSR count). The van der Waals surface area contributed by atoms with Crippen LogP contribution in [-0.2, 0) is 24.0 Å². The van der Waals surface area contributed by atoms with Crippen molar-refractivity contribution < 1.29 is 38.3 Å². The van der Waals surface area contributed by atoms with Gasteiger partial charge in [-0.3, -0.25) is 19.2 Å². The molecule has 2 fully saturated rings. The summed E-state index contributed by atoms with van der Waals surface area (Å²) in [6, 6.07) is 8.56. The molecule has 50 heavy (non-hydrogen) atoms. The van der Waals surface area contributed by atoms with E-state index in [4.69, 9.17) is 25.9 Å². The van der Waals surface area contributed by atoms with Crippen molar-refractivity contribution in [2.45, 2.75) is 81.6 Å². The van der Waals surface area contributed by atoms with Gasteiger partial charge in [0.2, 0.25) is 11.7 Å². The first-order valence-corrected chi connectivity index (χ1v) is 17.0. The van der Waals surface area contributed by atoms with Gasteiger partial charge in [0, 0.05) is 41.5 Å². The minimum atomic E-state index is -1.13. The van der Waals surface area contributed by atoms with Crippen molar-refractivity contribution in [3.8, 4) is 11.5 Å². The molecular formula is C35H39ClN6O8. The van der Waals surface area contributed by atoms with Crippen molar-refractivity contribution in [1.82, 2.24) is 20.9 Å². The van der Waals surface area contributed by atoms with Crippen LogP contribution in [0.2, 0.25) is 5.02 Å². The number of amides is 5. The number of Topliss-reactive ketones (excluding diaryl/α,β-unsaturated/α-hetero) is 1. The maximum Gasteiger partial charge on any atom is 0.341 e. The molecular weight excluding hydrogens is 668 g/mol.